The number of hydrogen-bond donors (Lipinski definition) is 5. The Hall–Kier alpha value is -4.08. The minimum Gasteiger partial charge on any atom is -0.388 e. The van der Waals surface area contributed by atoms with Gasteiger partial charge in [0.25, 0.3) is 0 Å². The van der Waals surface area contributed by atoms with Crippen LogP contribution in [-0.2, 0) is 20.8 Å². The van der Waals surface area contributed by atoms with Gasteiger partial charge in [0.05, 0.1) is 12.5 Å². The van der Waals surface area contributed by atoms with Gasteiger partial charge in [0.15, 0.2) is 5.78 Å². The Kier molecular flexibility index (Phi) is 15.4. The van der Waals surface area contributed by atoms with Gasteiger partial charge in [-0.3, -0.25) is 24.4 Å². The molecule has 0 saturated heterocycles. The van der Waals surface area contributed by atoms with Crippen LogP contribution in [0, 0.1) is 11.8 Å². The largest absolute Gasteiger partial charge is 0.388 e. The Balaban J connectivity index is 0.000000446. The van der Waals surface area contributed by atoms with E-state index in [1.807, 2.05) is 48.5 Å². The van der Waals surface area contributed by atoms with Gasteiger partial charge in [0, 0.05) is 19.0 Å². The predicted octanol–water partition coefficient (Wildman–Crippen LogP) is 3.28. The zero-order valence-electron chi connectivity index (χ0n) is 22.9. The molecule has 9 heteroatoms. The molecule has 0 aliphatic carbocycles. The number of amides is 3. The van der Waals surface area contributed by atoms with E-state index in [9.17, 15) is 19.2 Å². The molecule has 0 aliphatic rings. The first-order chi connectivity index (χ1) is 18.6. The number of hydroxylamine groups is 1. The smallest absolute Gasteiger partial charge is 0.244 e. The average molecular weight is 538 g/mol. The van der Waals surface area contributed by atoms with Crippen LogP contribution in [0.25, 0.3) is 10.8 Å². The lowest BCUT2D eigenvalue weighted by Gasteiger charge is -2.16. The Morgan fingerprint density at radius 1 is 0.821 bits per heavy atom. The molecular weight excluding hydrogens is 498 g/mol. The number of carbonyl (C=O) groups excluding carboxylic acids is 4. The zero-order valence-corrected chi connectivity index (χ0v) is 22.9. The van der Waals surface area contributed by atoms with E-state index in [0.29, 0.717) is 12.0 Å². The van der Waals surface area contributed by atoms with Gasteiger partial charge in [-0.15, -0.1) is 0 Å². The summed E-state index contributed by atoms with van der Waals surface area (Å²) in [6, 6.07) is 22.4. The number of aliphatic hydroxyl groups is 1. The van der Waals surface area contributed by atoms with Gasteiger partial charge < -0.3 is 15.7 Å². The summed E-state index contributed by atoms with van der Waals surface area (Å²) < 4.78 is 0. The maximum atomic E-state index is 12.3. The number of nitrogens with one attached hydrogen (secondary N) is 3. The van der Waals surface area contributed by atoms with Gasteiger partial charge >= 0.3 is 0 Å². The van der Waals surface area contributed by atoms with Crippen LogP contribution in [0.2, 0.25) is 0 Å². The first kappa shape index (κ1) is 32.9. The van der Waals surface area contributed by atoms with Crippen LogP contribution in [0.3, 0.4) is 0 Å². The zero-order chi connectivity index (χ0) is 29.2. The summed E-state index contributed by atoms with van der Waals surface area (Å²) in [5, 5.41) is 24.2. The monoisotopic (exact) mass is 537 g/mol. The summed E-state index contributed by atoms with van der Waals surface area (Å²) in [6.07, 6.45) is 0.140. The Bertz CT molecular complexity index is 1190. The molecule has 9 nitrogen and oxygen atoms in total. The van der Waals surface area contributed by atoms with Crippen LogP contribution < -0.4 is 16.1 Å². The predicted molar refractivity (Wildman–Crippen MR) is 151 cm³/mol. The number of fused-ring (bicyclic) bond motifs is 1. The van der Waals surface area contributed by atoms with Crippen molar-refractivity contribution in [3.8, 4) is 0 Å². The fourth-order valence-electron chi connectivity index (χ4n) is 3.29. The molecule has 3 amide bonds. The van der Waals surface area contributed by atoms with Crippen LogP contribution in [0.5, 0.6) is 0 Å². The van der Waals surface area contributed by atoms with E-state index >= 15 is 0 Å². The summed E-state index contributed by atoms with van der Waals surface area (Å²) in [6.45, 7) is 5.92. The summed E-state index contributed by atoms with van der Waals surface area (Å²) in [5.74, 6) is -1.50. The van der Waals surface area contributed by atoms with Crippen LogP contribution in [-0.4, -0.2) is 54.0 Å². The van der Waals surface area contributed by atoms with E-state index in [1.165, 1.54) is 7.05 Å². The van der Waals surface area contributed by atoms with E-state index < -0.39 is 24.3 Å². The standard InChI is InChI=1S/C18H21N3O4.C8H8O2.C4H10/c1-19-17(23)11-20-18(24)15(10-16(22)21-25)9-12-6-7-13-4-2-3-5-14(13)8-12;9-6-8(10)7-4-2-1-3-5-7;1-4(2)3/h2-8,15,25H,9-11H2,1H3,(H,19,23)(H,20,24)(H,21,22);1-5,9H,6H2;4H,1-3H3. The molecule has 3 rings (SSSR count). The van der Waals surface area contributed by atoms with Gasteiger partial charge in [-0.2, -0.15) is 0 Å². The number of Topliss-reactive ketones (excluding diaryl/α,β-unsaturated/α-hetero) is 1. The summed E-state index contributed by atoms with van der Waals surface area (Å²) in [4.78, 5) is 45.9. The van der Waals surface area contributed by atoms with Gasteiger partial charge in [0.1, 0.15) is 6.61 Å². The SMILES string of the molecule is CC(C)C.CNC(=O)CNC(=O)C(CC(=O)NO)Cc1ccc2ccccc2c1.O=C(CO)c1ccccc1. The molecule has 0 heterocycles. The number of ketones is 1. The highest BCUT2D eigenvalue weighted by atomic mass is 16.5. The van der Waals surface area contributed by atoms with Crippen LogP contribution >= 0.6 is 0 Å². The van der Waals surface area contributed by atoms with Crippen molar-refractivity contribution in [2.45, 2.75) is 33.6 Å². The molecule has 0 spiro atoms. The van der Waals surface area contributed by atoms with E-state index in [1.54, 1.807) is 29.7 Å². The molecule has 210 valence electrons. The first-order valence-electron chi connectivity index (χ1n) is 12.7. The normalized spacial score (nSPS) is 10.7. The molecule has 0 aromatic heterocycles. The Morgan fingerprint density at radius 3 is 1.97 bits per heavy atom. The minimum atomic E-state index is -0.696. The first-order valence-corrected chi connectivity index (χ1v) is 12.7. The van der Waals surface area contributed by atoms with Crippen molar-refractivity contribution < 1.29 is 29.5 Å². The molecule has 3 aromatic carbocycles. The molecule has 0 aliphatic heterocycles. The lowest BCUT2D eigenvalue weighted by atomic mass is 9.93. The van der Waals surface area contributed by atoms with Crippen molar-refractivity contribution in [1.82, 2.24) is 16.1 Å². The highest BCUT2D eigenvalue weighted by Crippen LogP contribution is 2.19. The maximum Gasteiger partial charge on any atom is 0.244 e. The van der Waals surface area contributed by atoms with Crippen LogP contribution in [0.1, 0.15) is 43.1 Å². The van der Waals surface area contributed by atoms with E-state index in [-0.39, 0.29) is 24.7 Å². The van der Waals surface area contributed by atoms with Crippen molar-refractivity contribution >= 4 is 34.3 Å². The Labute approximate surface area is 229 Å². The molecule has 39 heavy (non-hydrogen) atoms. The number of likely N-dealkylation sites (N-methyl/N-ethyl adjacent to an activating group) is 1. The van der Waals surface area contributed by atoms with E-state index in [2.05, 4.69) is 31.4 Å². The van der Waals surface area contributed by atoms with E-state index in [4.69, 9.17) is 10.3 Å². The molecular formula is C30H39N3O6. The highest BCUT2D eigenvalue weighted by Gasteiger charge is 2.23. The molecule has 3 aromatic rings. The van der Waals surface area contributed by atoms with Crippen molar-refractivity contribution in [1.29, 1.82) is 0 Å². The quantitative estimate of drug-likeness (QED) is 0.161. The summed E-state index contributed by atoms with van der Waals surface area (Å²) >= 11 is 0. The van der Waals surface area contributed by atoms with E-state index in [0.717, 1.165) is 22.3 Å². The molecule has 0 bridgehead atoms. The number of hydrogen-bond acceptors (Lipinski definition) is 6. The third-order valence-corrected chi connectivity index (χ3v) is 5.16. The van der Waals surface area contributed by atoms with Gasteiger partial charge in [-0.25, -0.2) is 5.48 Å². The average Bonchev–Trinajstić information content (AvgIpc) is 2.95. The third kappa shape index (κ3) is 13.3. The van der Waals surface area contributed by atoms with Gasteiger partial charge in [-0.05, 0) is 28.7 Å². The number of benzene rings is 3. The fraction of sp³-hybridized carbons (Fsp3) is 0.333. The molecule has 5 N–H and O–H groups in total. The van der Waals surface area contributed by atoms with Crippen LogP contribution in [0.4, 0.5) is 0 Å². The number of rotatable bonds is 9. The second-order valence-corrected chi connectivity index (χ2v) is 9.39. The number of aliphatic hydroxyl groups excluding tert-OH is 1. The van der Waals surface area contributed by atoms with Gasteiger partial charge in [0.2, 0.25) is 17.7 Å². The Morgan fingerprint density at radius 2 is 1.41 bits per heavy atom. The molecule has 1 atom stereocenters. The topological polar surface area (TPSA) is 145 Å². The van der Waals surface area contributed by atoms with Crippen molar-refractivity contribution in [2.24, 2.45) is 11.8 Å². The fourth-order valence-corrected chi connectivity index (χ4v) is 3.29. The second kappa shape index (κ2) is 18.2. The second-order valence-electron chi connectivity index (χ2n) is 9.39. The van der Waals surface area contributed by atoms with Crippen molar-refractivity contribution in [2.75, 3.05) is 20.2 Å². The van der Waals surface area contributed by atoms with Crippen molar-refractivity contribution in [3.63, 3.8) is 0 Å². The summed E-state index contributed by atoms with van der Waals surface area (Å²) in [7, 11) is 1.47. The number of carbonyl (C=O) groups is 4. The third-order valence-electron chi connectivity index (χ3n) is 5.16. The molecule has 0 fully saturated rings. The van der Waals surface area contributed by atoms with Crippen molar-refractivity contribution in [3.05, 3.63) is 83.9 Å². The molecule has 0 radical (unpaired) electrons. The summed E-state index contributed by atoms with van der Waals surface area (Å²) in [5.41, 5.74) is 3.00. The highest BCUT2D eigenvalue weighted by molar-refractivity contribution is 5.96. The van der Waals surface area contributed by atoms with Gasteiger partial charge in [-0.1, -0.05) is 93.6 Å². The minimum absolute atomic E-state index is 0.162. The van der Waals surface area contributed by atoms with Crippen LogP contribution in [0.15, 0.2) is 72.8 Å². The lowest BCUT2D eigenvalue weighted by Crippen LogP contribution is -2.40. The maximum absolute atomic E-state index is 12.3. The lowest BCUT2D eigenvalue weighted by molar-refractivity contribution is -0.135. The molecule has 0 saturated carbocycles. The molecule has 1 unspecified atom stereocenters.